The molecule has 2 amide bonds. The average molecular weight is 456 g/mol. The molecule has 2 aromatic carbocycles. The van der Waals surface area contributed by atoms with E-state index in [-0.39, 0.29) is 6.03 Å². The number of aromatic nitrogens is 2. The van der Waals surface area contributed by atoms with Crippen LogP contribution in [-0.4, -0.2) is 29.6 Å². The predicted octanol–water partition coefficient (Wildman–Crippen LogP) is 5.62. The molecule has 0 aliphatic rings. The van der Waals surface area contributed by atoms with Crippen molar-refractivity contribution in [3.63, 3.8) is 0 Å². The Hall–Kier alpha value is -3.23. The number of urea groups is 1. The van der Waals surface area contributed by atoms with Crippen LogP contribution in [0.3, 0.4) is 0 Å². The van der Waals surface area contributed by atoms with Crippen molar-refractivity contribution in [2.75, 3.05) is 23.8 Å². The Morgan fingerprint density at radius 1 is 1.13 bits per heavy atom. The van der Waals surface area contributed by atoms with Gasteiger partial charge in [-0.2, -0.15) is 0 Å². The number of fused-ring (bicyclic) bond motifs is 1. The summed E-state index contributed by atoms with van der Waals surface area (Å²) in [5.74, 6) is 0.118. The van der Waals surface area contributed by atoms with Gasteiger partial charge in [-0.15, -0.1) is 0 Å². The zero-order valence-corrected chi connectivity index (χ0v) is 18.2. The van der Waals surface area contributed by atoms with Crippen LogP contribution < -0.4 is 15.5 Å². The fourth-order valence-corrected chi connectivity index (χ4v) is 4.02. The Morgan fingerprint density at radius 2 is 1.94 bits per heavy atom. The highest BCUT2D eigenvalue weighted by Gasteiger charge is 2.14. The number of hydrogen-bond donors (Lipinski definition) is 2. The van der Waals surface area contributed by atoms with Crippen molar-refractivity contribution < 1.29 is 9.18 Å². The second-order valence-corrected chi connectivity index (χ2v) is 8.20. The number of rotatable bonds is 6. The minimum atomic E-state index is -0.435. The third kappa shape index (κ3) is 5.10. The number of anilines is 3. The first kappa shape index (κ1) is 21.0. The summed E-state index contributed by atoms with van der Waals surface area (Å²) in [6.07, 6.45) is 0.743. The number of nitrogens with zero attached hydrogens (tertiary/aromatic N) is 3. The lowest BCUT2D eigenvalue weighted by Crippen LogP contribution is -2.30. The highest BCUT2D eigenvalue weighted by atomic mass is 35.5. The van der Waals surface area contributed by atoms with Crippen LogP contribution in [0, 0.1) is 5.82 Å². The Labute approximate surface area is 187 Å². The van der Waals surface area contributed by atoms with Crippen molar-refractivity contribution in [3.8, 4) is 0 Å². The third-order valence-corrected chi connectivity index (χ3v) is 5.73. The molecule has 158 valence electrons. The van der Waals surface area contributed by atoms with Gasteiger partial charge in [0.2, 0.25) is 0 Å². The quantitative estimate of drug-likeness (QED) is 0.396. The molecule has 9 heteroatoms. The van der Waals surface area contributed by atoms with Crippen LogP contribution in [0.15, 0.2) is 60.7 Å². The molecule has 4 rings (SSSR count). The maximum atomic E-state index is 14.2. The predicted molar refractivity (Wildman–Crippen MR) is 124 cm³/mol. The fraction of sp³-hybridized carbons (Fsp3) is 0.136. The number of benzene rings is 2. The molecule has 0 fully saturated rings. The van der Waals surface area contributed by atoms with E-state index in [4.69, 9.17) is 11.6 Å². The first-order valence-electron chi connectivity index (χ1n) is 9.55. The lowest BCUT2D eigenvalue weighted by atomic mass is 10.1. The molecule has 0 atom stereocenters. The number of carbonyl (C=O) groups excluding carboxylic acids is 1. The van der Waals surface area contributed by atoms with Crippen molar-refractivity contribution in [3.05, 3.63) is 77.1 Å². The van der Waals surface area contributed by atoms with Crippen LogP contribution >= 0.6 is 22.9 Å². The van der Waals surface area contributed by atoms with Crippen LogP contribution in [0.4, 0.5) is 25.8 Å². The summed E-state index contributed by atoms with van der Waals surface area (Å²) in [4.78, 5) is 23.4. The van der Waals surface area contributed by atoms with E-state index in [9.17, 15) is 9.18 Å². The van der Waals surface area contributed by atoms with Gasteiger partial charge in [0.25, 0.3) is 0 Å². The van der Waals surface area contributed by atoms with E-state index in [1.165, 1.54) is 17.4 Å². The number of nitrogens with one attached hydrogen (secondary N) is 2. The Balaban J connectivity index is 1.41. The topological polar surface area (TPSA) is 70.2 Å². The van der Waals surface area contributed by atoms with Crippen molar-refractivity contribution in [2.45, 2.75) is 6.42 Å². The summed E-state index contributed by atoms with van der Waals surface area (Å²) in [7, 11) is 1.72. The second kappa shape index (κ2) is 9.28. The molecule has 0 spiro atoms. The van der Waals surface area contributed by atoms with Crippen LogP contribution in [0.1, 0.15) is 5.56 Å². The lowest BCUT2D eigenvalue weighted by Gasteiger charge is -2.18. The normalized spacial score (nSPS) is 10.8. The van der Waals surface area contributed by atoms with E-state index < -0.39 is 5.82 Å². The summed E-state index contributed by atoms with van der Waals surface area (Å²) in [6, 6.07) is 17.6. The van der Waals surface area contributed by atoms with Gasteiger partial charge < -0.3 is 10.2 Å². The van der Waals surface area contributed by atoms with Crippen molar-refractivity contribution >= 4 is 56.0 Å². The molecule has 0 saturated heterocycles. The highest BCUT2D eigenvalue weighted by Crippen LogP contribution is 2.30. The number of amides is 2. The van der Waals surface area contributed by atoms with Crippen LogP contribution in [-0.2, 0) is 6.42 Å². The number of pyridine rings is 1. The van der Waals surface area contributed by atoms with E-state index in [2.05, 4.69) is 20.6 Å². The maximum absolute atomic E-state index is 14.2. The Morgan fingerprint density at radius 3 is 2.71 bits per heavy atom. The lowest BCUT2D eigenvalue weighted by molar-refractivity contribution is 0.252. The van der Waals surface area contributed by atoms with Crippen LogP contribution in [0.25, 0.3) is 10.3 Å². The SMILES string of the molecule is CN(c1ccc2nc(NC(=O)NCCc3ccccc3)sc2n1)c1ccc(Cl)cc1F. The fourth-order valence-electron chi connectivity index (χ4n) is 3.03. The summed E-state index contributed by atoms with van der Waals surface area (Å²) in [6.45, 7) is 0.514. The summed E-state index contributed by atoms with van der Waals surface area (Å²) in [5, 5.41) is 6.34. The zero-order valence-electron chi connectivity index (χ0n) is 16.6. The third-order valence-electron chi connectivity index (χ3n) is 4.62. The van der Waals surface area contributed by atoms with E-state index in [1.54, 1.807) is 36.2 Å². The molecule has 0 bridgehead atoms. The highest BCUT2D eigenvalue weighted by molar-refractivity contribution is 7.22. The molecule has 2 aromatic heterocycles. The van der Waals surface area contributed by atoms with Crippen molar-refractivity contribution in [1.29, 1.82) is 0 Å². The Bertz CT molecular complexity index is 1220. The molecule has 0 saturated carbocycles. The smallest absolute Gasteiger partial charge is 0.321 e. The molecule has 6 nitrogen and oxygen atoms in total. The van der Waals surface area contributed by atoms with Crippen LogP contribution in [0.5, 0.6) is 0 Å². The number of carbonyl (C=O) groups is 1. The van der Waals surface area contributed by atoms with Gasteiger partial charge in [-0.1, -0.05) is 53.3 Å². The first-order chi connectivity index (χ1) is 15.0. The summed E-state index contributed by atoms with van der Waals surface area (Å²) in [5.41, 5.74) is 2.16. The minimum Gasteiger partial charge on any atom is -0.337 e. The number of halogens is 2. The largest absolute Gasteiger partial charge is 0.337 e. The van der Waals surface area contributed by atoms with Gasteiger partial charge >= 0.3 is 6.03 Å². The van der Waals surface area contributed by atoms with Crippen LogP contribution in [0.2, 0.25) is 5.02 Å². The summed E-state index contributed by atoms with van der Waals surface area (Å²) >= 11 is 7.09. The Kier molecular flexibility index (Phi) is 6.29. The molecule has 2 N–H and O–H groups in total. The van der Waals surface area contributed by atoms with Gasteiger partial charge in [-0.25, -0.2) is 19.2 Å². The molecule has 0 radical (unpaired) electrons. The first-order valence-corrected chi connectivity index (χ1v) is 10.7. The molecular weight excluding hydrogens is 437 g/mol. The van der Waals surface area contributed by atoms with E-state index in [0.29, 0.717) is 38.6 Å². The minimum absolute atomic E-state index is 0.324. The monoisotopic (exact) mass is 455 g/mol. The van der Waals surface area contributed by atoms with Gasteiger partial charge in [0, 0.05) is 18.6 Å². The van der Waals surface area contributed by atoms with E-state index >= 15 is 0 Å². The molecule has 2 heterocycles. The zero-order chi connectivity index (χ0) is 21.8. The van der Waals surface area contributed by atoms with Crippen molar-refractivity contribution in [2.24, 2.45) is 0 Å². The molecule has 4 aromatic rings. The van der Waals surface area contributed by atoms with Gasteiger partial charge in [0.15, 0.2) is 5.13 Å². The van der Waals surface area contributed by atoms with Gasteiger partial charge in [0.1, 0.15) is 22.0 Å². The second-order valence-electron chi connectivity index (χ2n) is 6.78. The van der Waals surface area contributed by atoms with Gasteiger partial charge in [0.05, 0.1) is 5.69 Å². The van der Waals surface area contributed by atoms with Crippen molar-refractivity contribution in [1.82, 2.24) is 15.3 Å². The molecule has 0 unspecified atom stereocenters. The average Bonchev–Trinajstić information content (AvgIpc) is 3.15. The standard InChI is InChI=1S/C22H19ClFN5OS/c1-29(18-9-7-15(23)13-16(18)24)19-10-8-17-20(27-19)31-22(26-17)28-21(30)25-12-11-14-5-3-2-4-6-14/h2-10,13H,11-12H2,1H3,(H2,25,26,28,30). The van der Waals surface area contributed by atoms with Gasteiger partial charge in [-0.3, -0.25) is 5.32 Å². The summed E-state index contributed by atoms with van der Waals surface area (Å²) < 4.78 is 14.2. The number of thiazole rings is 1. The van der Waals surface area contributed by atoms with E-state index in [1.807, 2.05) is 30.3 Å². The molecule has 31 heavy (non-hydrogen) atoms. The molecular formula is C22H19ClFN5OS. The van der Waals surface area contributed by atoms with E-state index in [0.717, 1.165) is 12.0 Å². The van der Waals surface area contributed by atoms with Gasteiger partial charge in [-0.05, 0) is 42.3 Å². The number of hydrogen-bond acceptors (Lipinski definition) is 5. The molecule has 0 aliphatic heterocycles. The maximum Gasteiger partial charge on any atom is 0.321 e. The molecule has 0 aliphatic carbocycles.